The molecule has 0 radical (unpaired) electrons. The fourth-order valence-electron chi connectivity index (χ4n) is 2.97. The number of nitrogen functional groups attached to an aromatic ring is 1. The third-order valence-electron chi connectivity index (χ3n) is 4.52. The molecule has 2 heterocycles. The molecule has 26 heavy (non-hydrogen) atoms. The Balaban J connectivity index is 1.94. The van der Waals surface area contributed by atoms with Gasteiger partial charge >= 0.3 is 0 Å². The first kappa shape index (κ1) is 18.7. The van der Waals surface area contributed by atoms with Gasteiger partial charge in [0.1, 0.15) is 11.5 Å². The van der Waals surface area contributed by atoms with Crippen LogP contribution in [0.25, 0.3) is 0 Å². The largest absolute Gasteiger partial charge is 0.393 e. The number of hydrogen-bond acceptors (Lipinski definition) is 6. The summed E-state index contributed by atoms with van der Waals surface area (Å²) in [4.78, 5) is 11.6. The van der Waals surface area contributed by atoms with Gasteiger partial charge in [-0.3, -0.25) is 0 Å². The molecule has 5 N–H and O–H groups in total. The fourth-order valence-corrected chi connectivity index (χ4v) is 3.17. The summed E-state index contributed by atoms with van der Waals surface area (Å²) in [5.41, 5.74) is 13.8. The molecule has 0 amide bonds. The zero-order valence-electron chi connectivity index (χ0n) is 15.6. The van der Waals surface area contributed by atoms with Gasteiger partial charge in [-0.15, -0.1) is 0 Å². The number of hydrogen-bond donors (Lipinski definition) is 3. The number of benzene rings is 1. The molecule has 1 saturated heterocycles. The highest BCUT2D eigenvalue weighted by atomic mass is 35.5. The maximum atomic E-state index is 6.42. The summed E-state index contributed by atoms with van der Waals surface area (Å²) in [6.45, 7) is 8.44. The highest BCUT2D eigenvalue weighted by molar-refractivity contribution is 6.31. The van der Waals surface area contributed by atoms with Gasteiger partial charge in [0.25, 0.3) is 0 Å². The van der Waals surface area contributed by atoms with Crippen molar-refractivity contribution in [3.8, 4) is 0 Å². The molecule has 2 aromatic rings. The molecule has 1 atom stereocenters. The van der Waals surface area contributed by atoms with Crippen molar-refractivity contribution in [3.05, 3.63) is 40.7 Å². The summed E-state index contributed by atoms with van der Waals surface area (Å²) < 4.78 is 0. The first-order valence-corrected chi connectivity index (χ1v) is 9.29. The van der Waals surface area contributed by atoms with E-state index in [9.17, 15) is 0 Å². The van der Waals surface area contributed by atoms with Crippen LogP contribution < -0.4 is 21.7 Å². The predicted molar refractivity (Wildman–Crippen MR) is 109 cm³/mol. The van der Waals surface area contributed by atoms with Crippen LogP contribution in [0.4, 0.5) is 17.3 Å². The number of nitrogens with two attached hydrogens (primary N) is 2. The average Bonchev–Trinajstić information content (AvgIpc) is 3.00. The predicted octanol–water partition coefficient (Wildman–Crippen LogP) is 3.16. The van der Waals surface area contributed by atoms with Crippen molar-refractivity contribution < 1.29 is 0 Å². The molecule has 0 saturated carbocycles. The number of rotatable bonds is 4. The molecule has 7 heteroatoms. The van der Waals surface area contributed by atoms with Crippen LogP contribution in [0.1, 0.15) is 38.6 Å². The fraction of sp³-hybridized carbons (Fsp3) is 0.474. The van der Waals surface area contributed by atoms with Crippen LogP contribution in [0.2, 0.25) is 5.02 Å². The molecule has 0 bridgehead atoms. The van der Waals surface area contributed by atoms with Crippen molar-refractivity contribution >= 4 is 28.9 Å². The maximum absolute atomic E-state index is 6.42. The maximum Gasteiger partial charge on any atom is 0.157 e. The van der Waals surface area contributed by atoms with E-state index < -0.39 is 0 Å². The highest BCUT2D eigenvalue weighted by Crippen LogP contribution is 2.33. The molecular formula is C19H27ClN6. The molecule has 1 aliphatic rings. The Kier molecular flexibility index (Phi) is 5.25. The summed E-state index contributed by atoms with van der Waals surface area (Å²) in [6.07, 6.45) is 0.941. The van der Waals surface area contributed by atoms with Crippen molar-refractivity contribution in [2.75, 3.05) is 29.0 Å². The summed E-state index contributed by atoms with van der Waals surface area (Å²) >= 11 is 6.26. The third kappa shape index (κ3) is 4.02. The van der Waals surface area contributed by atoms with E-state index in [1.54, 1.807) is 0 Å². The summed E-state index contributed by atoms with van der Waals surface area (Å²) in [5, 5.41) is 4.06. The minimum atomic E-state index is -0.189. The molecule has 0 spiro atoms. The highest BCUT2D eigenvalue weighted by Gasteiger charge is 2.27. The van der Waals surface area contributed by atoms with Gasteiger partial charge in [-0.05, 0) is 18.1 Å². The van der Waals surface area contributed by atoms with Crippen molar-refractivity contribution in [1.82, 2.24) is 9.97 Å². The molecule has 6 nitrogen and oxygen atoms in total. The molecule has 0 aliphatic carbocycles. The smallest absolute Gasteiger partial charge is 0.157 e. The Hall–Kier alpha value is -2.05. The van der Waals surface area contributed by atoms with E-state index in [-0.39, 0.29) is 11.5 Å². The van der Waals surface area contributed by atoms with Crippen LogP contribution in [0.5, 0.6) is 0 Å². The van der Waals surface area contributed by atoms with Crippen LogP contribution in [0, 0.1) is 0 Å². The summed E-state index contributed by atoms with van der Waals surface area (Å²) in [7, 11) is 0. The van der Waals surface area contributed by atoms with E-state index in [2.05, 4.69) is 31.0 Å². The number of nitrogens with one attached hydrogen (secondary N) is 1. The normalized spacial score (nSPS) is 17.6. The zero-order valence-corrected chi connectivity index (χ0v) is 16.3. The van der Waals surface area contributed by atoms with Crippen molar-refractivity contribution in [1.29, 1.82) is 0 Å². The van der Waals surface area contributed by atoms with Gasteiger partial charge in [-0.25, -0.2) is 9.97 Å². The quantitative estimate of drug-likeness (QED) is 0.761. The lowest BCUT2D eigenvalue weighted by Crippen LogP contribution is -2.29. The number of aromatic nitrogens is 2. The monoisotopic (exact) mass is 374 g/mol. The second kappa shape index (κ2) is 7.29. The topological polar surface area (TPSA) is 93.1 Å². The lowest BCUT2D eigenvalue weighted by atomic mass is 9.95. The molecule has 1 fully saturated rings. The zero-order chi connectivity index (χ0) is 18.9. The summed E-state index contributed by atoms with van der Waals surface area (Å²) in [5.74, 6) is 2.16. The van der Waals surface area contributed by atoms with E-state index in [1.165, 1.54) is 0 Å². The van der Waals surface area contributed by atoms with Gasteiger partial charge < -0.3 is 21.7 Å². The lowest BCUT2D eigenvalue weighted by Gasteiger charge is -2.25. The summed E-state index contributed by atoms with van der Waals surface area (Å²) in [6, 6.07) is 7.89. The van der Waals surface area contributed by atoms with E-state index in [1.807, 2.05) is 24.3 Å². The second-order valence-electron chi connectivity index (χ2n) is 7.82. The molecular weight excluding hydrogens is 348 g/mol. The number of anilines is 3. The van der Waals surface area contributed by atoms with Gasteiger partial charge in [-0.2, -0.15) is 0 Å². The molecule has 1 aliphatic heterocycles. The Morgan fingerprint density at radius 3 is 2.62 bits per heavy atom. The lowest BCUT2D eigenvalue weighted by molar-refractivity contribution is 0.545. The second-order valence-corrected chi connectivity index (χ2v) is 8.23. The number of halogens is 1. The first-order chi connectivity index (χ1) is 12.3. The van der Waals surface area contributed by atoms with Gasteiger partial charge in [0.05, 0.1) is 0 Å². The minimum Gasteiger partial charge on any atom is -0.393 e. The number of nitrogens with zero attached hydrogens (tertiary/aromatic N) is 3. The van der Waals surface area contributed by atoms with Crippen LogP contribution in [-0.2, 0) is 12.0 Å². The van der Waals surface area contributed by atoms with E-state index in [4.69, 9.17) is 33.0 Å². The molecule has 1 aromatic carbocycles. The standard InChI is InChI=1S/C19H27ClN6/c1-19(2,3)18-24-16(23-10-12-6-4-5-7-14(12)20)15(22)17(25-18)26-9-8-13(21)11-26/h4-7,13H,8-11,21-22H2,1-3H3,(H,23,24,25). The Bertz CT molecular complexity index is 786. The van der Waals surface area contributed by atoms with E-state index in [0.717, 1.165) is 41.7 Å². The molecule has 1 unspecified atom stereocenters. The van der Waals surface area contributed by atoms with Gasteiger partial charge in [-0.1, -0.05) is 50.6 Å². The van der Waals surface area contributed by atoms with Crippen molar-refractivity contribution in [2.45, 2.75) is 45.2 Å². The van der Waals surface area contributed by atoms with Gasteiger partial charge in [0.2, 0.25) is 0 Å². The van der Waals surface area contributed by atoms with Crippen LogP contribution >= 0.6 is 11.6 Å². The Labute approximate surface area is 159 Å². The molecule has 1 aromatic heterocycles. The average molecular weight is 375 g/mol. The van der Waals surface area contributed by atoms with Gasteiger partial charge in [0, 0.05) is 36.1 Å². The van der Waals surface area contributed by atoms with Gasteiger partial charge in [0.15, 0.2) is 11.6 Å². The molecule has 140 valence electrons. The molecule has 3 rings (SSSR count). The van der Waals surface area contributed by atoms with Crippen molar-refractivity contribution in [2.24, 2.45) is 5.73 Å². The van der Waals surface area contributed by atoms with Crippen LogP contribution in [0.15, 0.2) is 24.3 Å². The SMILES string of the molecule is CC(C)(C)c1nc(NCc2ccccc2Cl)c(N)c(N2CCC(N)C2)n1. The third-order valence-corrected chi connectivity index (χ3v) is 4.89. The van der Waals surface area contributed by atoms with E-state index in [0.29, 0.717) is 18.1 Å². The van der Waals surface area contributed by atoms with E-state index >= 15 is 0 Å². The Morgan fingerprint density at radius 1 is 1.27 bits per heavy atom. The van der Waals surface area contributed by atoms with Crippen LogP contribution in [-0.4, -0.2) is 29.1 Å². The van der Waals surface area contributed by atoms with Crippen LogP contribution in [0.3, 0.4) is 0 Å². The van der Waals surface area contributed by atoms with Crippen molar-refractivity contribution in [3.63, 3.8) is 0 Å². The minimum absolute atomic E-state index is 0.155. The Morgan fingerprint density at radius 2 is 2.00 bits per heavy atom. The first-order valence-electron chi connectivity index (χ1n) is 8.91.